The van der Waals surface area contributed by atoms with Crippen molar-refractivity contribution in [3.05, 3.63) is 88.9 Å². The molecule has 4 aromatic rings. The standard InChI is InChI=1S/C26H25N5O5/c1-16-14-20(17(2)31(16)30-25(34)18-8-4-3-5-9-18)22(32)15-36-23(33)12-13-27-26(35)24-19-10-6-7-11-21(19)28-29-24/h3-11,14H,12-13,15H2,1-2H3,(H,27,35)(H,28,29)(H,30,34). The van der Waals surface area contributed by atoms with Crippen molar-refractivity contribution in [2.45, 2.75) is 20.3 Å². The molecule has 4 rings (SSSR count). The van der Waals surface area contributed by atoms with Crippen LogP contribution in [0.1, 0.15) is 49.0 Å². The van der Waals surface area contributed by atoms with E-state index >= 15 is 0 Å². The van der Waals surface area contributed by atoms with E-state index in [1.54, 1.807) is 56.3 Å². The number of carbonyl (C=O) groups excluding carboxylic acids is 4. The lowest BCUT2D eigenvalue weighted by Gasteiger charge is -2.11. The second-order valence-corrected chi connectivity index (χ2v) is 8.13. The Balaban J connectivity index is 1.27. The van der Waals surface area contributed by atoms with Crippen LogP contribution in [0.3, 0.4) is 0 Å². The van der Waals surface area contributed by atoms with E-state index in [0.717, 1.165) is 5.52 Å². The Morgan fingerprint density at radius 2 is 1.69 bits per heavy atom. The predicted molar refractivity (Wildman–Crippen MR) is 132 cm³/mol. The van der Waals surface area contributed by atoms with Gasteiger partial charge in [0.05, 0.1) is 11.9 Å². The third-order valence-corrected chi connectivity index (χ3v) is 5.65. The van der Waals surface area contributed by atoms with Crippen LogP contribution < -0.4 is 10.7 Å². The average molecular weight is 488 g/mol. The summed E-state index contributed by atoms with van der Waals surface area (Å²) in [6.45, 7) is 3.04. The lowest BCUT2D eigenvalue weighted by atomic mass is 10.1. The number of Topliss-reactive ketones (excluding diaryl/α,β-unsaturated/α-hetero) is 1. The number of benzene rings is 2. The summed E-state index contributed by atoms with van der Waals surface area (Å²) in [5.74, 6) is -1.75. The topological polar surface area (TPSA) is 135 Å². The molecule has 10 nitrogen and oxygen atoms in total. The van der Waals surface area contributed by atoms with Gasteiger partial charge in [-0.15, -0.1) is 0 Å². The number of aryl methyl sites for hydroxylation is 1. The van der Waals surface area contributed by atoms with Gasteiger partial charge in [0, 0.05) is 34.4 Å². The van der Waals surface area contributed by atoms with Gasteiger partial charge in [-0.1, -0.05) is 36.4 Å². The van der Waals surface area contributed by atoms with Gasteiger partial charge in [0.25, 0.3) is 11.8 Å². The highest BCUT2D eigenvalue weighted by atomic mass is 16.5. The van der Waals surface area contributed by atoms with Gasteiger partial charge >= 0.3 is 5.97 Å². The molecule has 184 valence electrons. The molecule has 0 saturated heterocycles. The second kappa shape index (κ2) is 10.7. The number of nitrogens with one attached hydrogen (secondary N) is 3. The van der Waals surface area contributed by atoms with E-state index in [1.807, 2.05) is 18.2 Å². The normalized spacial score (nSPS) is 10.7. The minimum Gasteiger partial charge on any atom is -0.457 e. The van der Waals surface area contributed by atoms with Crippen molar-refractivity contribution in [1.29, 1.82) is 0 Å². The van der Waals surface area contributed by atoms with E-state index in [-0.39, 0.29) is 24.6 Å². The summed E-state index contributed by atoms with van der Waals surface area (Å²) in [6, 6.07) is 17.6. The zero-order chi connectivity index (χ0) is 25.7. The Kier molecular flexibility index (Phi) is 7.24. The monoisotopic (exact) mass is 487 g/mol. The number of aromatic amines is 1. The van der Waals surface area contributed by atoms with Gasteiger partial charge in [-0.05, 0) is 38.1 Å². The number of amides is 2. The van der Waals surface area contributed by atoms with Crippen molar-refractivity contribution < 1.29 is 23.9 Å². The maximum atomic E-state index is 12.7. The summed E-state index contributed by atoms with van der Waals surface area (Å²) in [5, 5.41) is 10.1. The summed E-state index contributed by atoms with van der Waals surface area (Å²) in [7, 11) is 0. The summed E-state index contributed by atoms with van der Waals surface area (Å²) in [5.41, 5.74) is 5.74. The van der Waals surface area contributed by atoms with Gasteiger partial charge < -0.3 is 10.1 Å². The first-order chi connectivity index (χ1) is 17.3. The minimum atomic E-state index is -0.623. The summed E-state index contributed by atoms with van der Waals surface area (Å²) in [4.78, 5) is 49.6. The Morgan fingerprint density at radius 3 is 2.47 bits per heavy atom. The summed E-state index contributed by atoms with van der Waals surface area (Å²) >= 11 is 0. The number of carbonyl (C=O) groups is 4. The first-order valence-corrected chi connectivity index (χ1v) is 11.3. The zero-order valence-electron chi connectivity index (χ0n) is 19.8. The number of hydrogen-bond acceptors (Lipinski definition) is 6. The molecule has 0 bridgehead atoms. The Hall–Kier alpha value is -4.73. The van der Waals surface area contributed by atoms with Crippen molar-refractivity contribution in [2.24, 2.45) is 0 Å². The fraction of sp³-hybridized carbons (Fsp3) is 0.192. The summed E-state index contributed by atoms with van der Waals surface area (Å²) < 4.78 is 6.62. The number of aromatic nitrogens is 3. The molecule has 2 heterocycles. The van der Waals surface area contributed by atoms with E-state index in [2.05, 4.69) is 20.9 Å². The fourth-order valence-corrected chi connectivity index (χ4v) is 3.77. The molecule has 0 spiro atoms. The molecule has 0 aliphatic rings. The lowest BCUT2D eigenvalue weighted by Crippen LogP contribution is -2.27. The Labute approximate surface area is 206 Å². The molecule has 2 amide bonds. The zero-order valence-corrected chi connectivity index (χ0v) is 19.8. The lowest BCUT2D eigenvalue weighted by molar-refractivity contribution is -0.142. The molecule has 3 N–H and O–H groups in total. The smallest absolute Gasteiger partial charge is 0.308 e. The maximum absolute atomic E-state index is 12.7. The van der Waals surface area contributed by atoms with E-state index in [4.69, 9.17) is 4.74 Å². The molecular formula is C26H25N5O5. The molecule has 0 aliphatic carbocycles. The number of nitrogens with zero attached hydrogens (tertiary/aromatic N) is 2. The molecule has 0 aliphatic heterocycles. The second-order valence-electron chi connectivity index (χ2n) is 8.13. The first kappa shape index (κ1) is 24.4. The van der Waals surface area contributed by atoms with E-state index < -0.39 is 24.3 Å². The van der Waals surface area contributed by atoms with E-state index in [9.17, 15) is 19.2 Å². The molecule has 0 radical (unpaired) electrons. The predicted octanol–water partition coefficient (Wildman–Crippen LogP) is 2.91. The molecule has 10 heteroatoms. The van der Waals surface area contributed by atoms with Crippen LogP contribution in [0, 0.1) is 13.8 Å². The maximum Gasteiger partial charge on any atom is 0.308 e. The van der Waals surface area contributed by atoms with Crippen LogP contribution in [0.15, 0.2) is 60.7 Å². The number of ketones is 1. The Bertz CT molecular complexity index is 1440. The van der Waals surface area contributed by atoms with Crippen LogP contribution in [-0.2, 0) is 9.53 Å². The van der Waals surface area contributed by atoms with E-state index in [0.29, 0.717) is 27.9 Å². The third kappa shape index (κ3) is 5.33. The van der Waals surface area contributed by atoms with Crippen LogP contribution in [0.4, 0.5) is 0 Å². The van der Waals surface area contributed by atoms with Gasteiger partial charge in [-0.3, -0.25) is 34.4 Å². The highest BCUT2D eigenvalue weighted by Gasteiger charge is 2.19. The number of H-pyrrole nitrogens is 1. The minimum absolute atomic E-state index is 0.0348. The number of ether oxygens (including phenoxy) is 1. The van der Waals surface area contributed by atoms with Crippen LogP contribution >= 0.6 is 0 Å². The first-order valence-electron chi connectivity index (χ1n) is 11.3. The van der Waals surface area contributed by atoms with Gasteiger partial charge in [-0.2, -0.15) is 5.10 Å². The van der Waals surface area contributed by atoms with Crippen LogP contribution in [0.25, 0.3) is 10.9 Å². The third-order valence-electron chi connectivity index (χ3n) is 5.65. The van der Waals surface area contributed by atoms with Gasteiger partial charge in [-0.25, -0.2) is 0 Å². The summed E-state index contributed by atoms with van der Waals surface area (Å²) in [6.07, 6.45) is -0.104. The number of hydrogen-bond donors (Lipinski definition) is 3. The quantitative estimate of drug-likeness (QED) is 0.245. The highest BCUT2D eigenvalue weighted by Crippen LogP contribution is 2.16. The fourth-order valence-electron chi connectivity index (χ4n) is 3.77. The van der Waals surface area contributed by atoms with Crippen LogP contribution in [-0.4, -0.2) is 51.6 Å². The van der Waals surface area contributed by atoms with Gasteiger partial charge in [0.15, 0.2) is 12.3 Å². The number of rotatable bonds is 9. The van der Waals surface area contributed by atoms with Crippen molar-refractivity contribution in [1.82, 2.24) is 20.2 Å². The number of para-hydroxylation sites is 1. The molecule has 2 aromatic heterocycles. The number of esters is 1. The average Bonchev–Trinajstić information content (AvgIpc) is 3.44. The molecule has 0 atom stereocenters. The SMILES string of the molecule is Cc1cc(C(=O)COC(=O)CCNC(=O)c2n[nH]c3ccccc23)c(C)n1NC(=O)c1ccccc1. The molecule has 0 fully saturated rings. The van der Waals surface area contributed by atoms with E-state index in [1.165, 1.54) is 4.68 Å². The van der Waals surface area contributed by atoms with Gasteiger partial charge in [0.1, 0.15) is 0 Å². The molecule has 0 saturated carbocycles. The molecular weight excluding hydrogens is 462 g/mol. The number of fused-ring (bicyclic) bond motifs is 1. The van der Waals surface area contributed by atoms with Crippen molar-refractivity contribution in [3.63, 3.8) is 0 Å². The van der Waals surface area contributed by atoms with Crippen molar-refractivity contribution >= 4 is 34.5 Å². The van der Waals surface area contributed by atoms with Crippen LogP contribution in [0.5, 0.6) is 0 Å². The molecule has 2 aromatic carbocycles. The molecule has 0 unspecified atom stereocenters. The van der Waals surface area contributed by atoms with Gasteiger partial charge in [0.2, 0.25) is 5.78 Å². The van der Waals surface area contributed by atoms with Crippen LogP contribution in [0.2, 0.25) is 0 Å². The van der Waals surface area contributed by atoms with Crippen molar-refractivity contribution in [2.75, 3.05) is 18.6 Å². The Morgan fingerprint density at radius 1 is 0.972 bits per heavy atom. The molecule has 36 heavy (non-hydrogen) atoms. The van der Waals surface area contributed by atoms with Crippen molar-refractivity contribution in [3.8, 4) is 0 Å². The largest absolute Gasteiger partial charge is 0.457 e. The highest BCUT2D eigenvalue weighted by molar-refractivity contribution is 6.05.